The van der Waals surface area contributed by atoms with Crippen molar-refractivity contribution in [3.05, 3.63) is 30.4 Å². The number of rotatable bonds is 4. The van der Waals surface area contributed by atoms with Crippen molar-refractivity contribution >= 4 is 17.5 Å². The van der Waals surface area contributed by atoms with Gasteiger partial charge in [-0.3, -0.25) is 0 Å². The number of aromatic nitrogens is 3. The fourth-order valence-electron chi connectivity index (χ4n) is 1.62. The van der Waals surface area contributed by atoms with E-state index in [1.54, 1.807) is 6.20 Å². The molecule has 1 N–H and O–H groups in total. The minimum atomic E-state index is 0.581. The summed E-state index contributed by atoms with van der Waals surface area (Å²) in [5, 5.41) is 3.34. The largest absolute Gasteiger partial charge is 0.367 e. The predicted molar refractivity (Wildman–Crippen MR) is 71.0 cm³/mol. The van der Waals surface area contributed by atoms with E-state index >= 15 is 0 Å². The summed E-state index contributed by atoms with van der Waals surface area (Å²) in [4.78, 5) is 8.87. The lowest BCUT2D eigenvalue weighted by Gasteiger charge is -2.10. The Balaban J connectivity index is 2.39. The first-order valence-corrected chi connectivity index (χ1v) is 5.91. The fourth-order valence-corrected chi connectivity index (χ4v) is 1.62. The van der Waals surface area contributed by atoms with Gasteiger partial charge in [0, 0.05) is 25.1 Å². The highest BCUT2D eigenvalue weighted by molar-refractivity contribution is 5.65. The van der Waals surface area contributed by atoms with Crippen molar-refractivity contribution in [1.82, 2.24) is 14.4 Å². The molecule has 0 aliphatic carbocycles. The summed E-state index contributed by atoms with van der Waals surface area (Å²) in [6.07, 6.45) is 9.67. The molecule has 2 rings (SSSR count). The highest BCUT2D eigenvalue weighted by Gasteiger charge is 2.06. The third kappa shape index (κ3) is 2.64. The van der Waals surface area contributed by atoms with Crippen molar-refractivity contribution in [3.63, 3.8) is 0 Å². The van der Waals surface area contributed by atoms with Gasteiger partial charge in [0.2, 0.25) is 0 Å². The summed E-state index contributed by atoms with van der Waals surface area (Å²) in [6, 6.07) is 0. The van der Waals surface area contributed by atoms with E-state index in [1.165, 1.54) is 0 Å². The van der Waals surface area contributed by atoms with Gasteiger partial charge in [-0.25, -0.2) is 9.97 Å². The highest BCUT2D eigenvalue weighted by atomic mass is 15.1. The molecule has 0 aromatic carbocycles. The number of fused-ring (bicyclic) bond motifs is 1. The van der Waals surface area contributed by atoms with Gasteiger partial charge >= 0.3 is 0 Å². The van der Waals surface area contributed by atoms with Gasteiger partial charge in [-0.15, -0.1) is 0 Å². The maximum Gasteiger partial charge on any atom is 0.180 e. The Hall–Kier alpha value is -1.84. The van der Waals surface area contributed by atoms with Crippen LogP contribution in [0.25, 0.3) is 11.7 Å². The third-order valence-electron chi connectivity index (χ3n) is 2.41. The van der Waals surface area contributed by atoms with Gasteiger partial charge < -0.3 is 9.72 Å². The first-order valence-electron chi connectivity index (χ1n) is 5.91. The van der Waals surface area contributed by atoms with Crippen LogP contribution in [-0.2, 0) is 0 Å². The molecule has 2 heterocycles. The Bertz CT molecular complexity index is 525. The topological polar surface area (TPSA) is 42.2 Å². The number of hydrogen-bond donors (Lipinski definition) is 1. The first kappa shape index (κ1) is 11.6. The molecule has 0 spiro atoms. The smallest absolute Gasteiger partial charge is 0.180 e. The molecule has 4 heteroatoms. The minimum Gasteiger partial charge on any atom is -0.367 e. The van der Waals surface area contributed by atoms with Crippen molar-refractivity contribution in [1.29, 1.82) is 0 Å². The average Bonchev–Trinajstić information content (AvgIpc) is 2.74. The van der Waals surface area contributed by atoms with Gasteiger partial charge in [0.25, 0.3) is 0 Å². The van der Waals surface area contributed by atoms with E-state index in [0.29, 0.717) is 5.92 Å². The lowest BCUT2D eigenvalue weighted by atomic mass is 10.2. The van der Waals surface area contributed by atoms with E-state index in [-0.39, 0.29) is 0 Å². The van der Waals surface area contributed by atoms with Gasteiger partial charge in [-0.1, -0.05) is 19.9 Å². The molecule has 4 nitrogen and oxygen atoms in total. The molecule has 0 saturated carbocycles. The summed E-state index contributed by atoms with van der Waals surface area (Å²) in [7, 11) is 0. The maximum absolute atomic E-state index is 4.55. The van der Waals surface area contributed by atoms with Crippen LogP contribution in [-0.4, -0.2) is 20.9 Å². The summed E-state index contributed by atoms with van der Waals surface area (Å²) < 4.78 is 1.99. The summed E-state index contributed by atoms with van der Waals surface area (Å²) in [5.41, 5.74) is 1.81. The van der Waals surface area contributed by atoms with E-state index in [2.05, 4.69) is 29.1 Å². The second kappa shape index (κ2) is 4.99. The molecule has 90 valence electrons. The van der Waals surface area contributed by atoms with Gasteiger partial charge in [-0.2, -0.15) is 0 Å². The van der Waals surface area contributed by atoms with Crippen LogP contribution < -0.4 is 5.32 Å². The second-order valence-electron chi connectivity index (χ2n) is 4.45. The minimum absolute atomic E-state index is 0.581. The zero-order chi connectivity index (χ0) is 12.3. The SMILES string of the molecule is C/C=C/c1cn2ccnc2c(NCC(C)C)n1. The molecule has 17 heavy (non-hydrogen) atoms. The molecule has 0 fully saturated rings. The number of allylic oxidation sites excluding steroid dienone is 1. The second-order valence-corrected chi connectivity index (χ2v) is 4.45. The van der Waals surface area contributed by atoms with Crippen molar-refractivity contribution in [2.75, 3.05) is 11.9 Å². The van der Waals surface area contributed by atoms with Gasteiger partial charge in [-0.05, 0) is 18.9 Å². The number of hydrogen-bond acceptors (Lipinski definition) is 3. The Labute approximate surface area is 101 Å². The van der Waals surface area contributed by atoms with Gasteiger partial charge in [0.05, 0.1) is 5.69 Å². The summed E-state index contributed by atoms with van der Waals surface area (Å²) in [5.74, 6) is 1.43. The Morgan fingerprint density at radius 1 is 1.47 bits per heavy atom. The van der Waals surface area contributed by atoms with Crippen LogP contribution in [0.5, 0.6) is 0 Å². The molecule has 0 atom stereocenters. The van der Waals surface area contributed by atoms with Crippen LogP contribution in [0.4, 0.5) is 5.82 Å². The molecule has 0 bridgehead atoms. The monoisotopic (exact) mass is 230 g/mol. The Kier molecular flexibility index (Phi) is 3.42. The van der Waals surface area contributed by atoms with Crippen LogP contribution in [0.2, 0.25) is 0 Å². The Morgan fingerprint density at radius 3 is 3.00 bits per heavy atom. The summed E-state index contributed by atoms with van der Waals surface area (Å²) in [6.45, 7) is 7.23. The molecule has 2 aromatic rings. The molecular weight excluding hydrogens is 212 g/mol. The molecule has 0 aliphatic rings. The Morgan fingerprint density at radius 2 is 2.29 bits per heavy atom. The van der Waals surface area contributed by atoms with E-state index < -0.39 is 0 Å². The van der Waals surface area contributed by atoms with Crippen LogP contribution in [0.15, 0.2) is 24.7 Å². The molecule has 0 amide bonds. The van der Waals surface area contributed by atoms with E-state index in [9.17, 15) is 0 Å². The molecule has 0 aliphatic heterocycles. The van der Waals surface area contributed by atoms with E-state index in [1.807, 2.05) is 35.9 Å². The predicted octanol–water partition coefficient (Wildman–Crippen LogP) is 2.83. The highest BCUT2D eigenvalue weighted by Crippen LogP contribution is 2.14. The molecule has 2 aromatic heterocycles. The number of nitrogens with zero attached hydrogens (tertiary/aromatic N) is 3. The van der Waals surface area contributed by atoms with Gasteiger partial charge in [0.1, 0.15) is 0 Å². The van der Waals surface area contributed by atoms with Crippen molar-refractivity contribution in [3.8, 4) is 0 Å². The number of anilines is 1. The first-order chi connectivity index (χ1) is 8.20. The van der Waals surface area contributed by atoms with Crippen molar-refractivity contribution in [2.24, 2.45) is 5.92 Å². The summed E-state index contributed by atoms with van der Waals surface area (Å²) >= 11 is 0. The molecule has 0 radical (unpaired) electrons. The average molecular weight is 230 g/mol. The molecular formula is C13H18N4. The number of imidazole rings is 1. The van der Waals surface area contributed by atoms with Crippen LogP contribution >= 0.6 is 0 Å². The fraction of sp³-hybridized carbons (Fsp3) is 0.385. The van der Waals surface area contributed by atoms with Crippen LogP contribution in [0, 0.1) is 5.92 Å². The zero-order valence-electron chi connectivity index (χ0n) is 10.5. The third-order valence-corrected chi connectivity index (χ3v) is 2.41. The maximum atomic E-state index is 4.55. The quantitative estimate of drug-likeness (QED) is 0.878. The lowest BCUT2D eigenvalue weighted by molar-refractivity contribution is 0.687. The van der Waals surface area contributed by atoms with Crippen molar-refractivity contribution < 1.29 is 0 Å². The standard InChI is InChI=1S/C13H18N4/c1-4-5-11-9-17-7-6-14-13(17)12(16-11)15-8-10(2)3/h4-7,9-10H,8H2,1-3H3,(H,15,16)/b5-4+. The zero-order valence-corrected chi connectivity index (χ0v) is 10.5. The number of nitrogens with one attached hydrogen (secondary N) is 1. The van der Waals surface area contributed by atoms with Crippen molar-refractivity contribution in [2.45, 2.75) is 20.8 Å². The van der Waals surface area contributed by atoms with E-state index in [0.717, 1.165) is 23.7 Å². The molecule has 0 unspecified atom stereocenters. The lowest BCUT2D eigenvalue weighted by Crippen LogP contribution is -2.11. The van der Waals surface area contributed by atoms with E-state index in [4.69, 9.17) is 0 Å². The van der Waals surface area contributed by atoms with Crippen LogP contribution in [0.3, 0.4) is 0 Å². The van der Waals surface area contributed by atoms with Crippen LogP contribution in [0.1, 0.15) is 26.5 Å². The molecule has 0 saturated heterocycles. The normalized spacial score (nSPS) is 11.8. The van der Waals surface area contributed by atoms with Gasteiger partial charge in [0.15, 0.2) is 11.5 Å².